The molecule has 55 heavy (non-hydrogen) atoms. The van der Waals surface area contributed by atoms with E-state index in [0.29, 0.717) is 24.3 Å². The molecule has 10 nitrogen and oxygen atoms in total. The number of unbranched alkanes of at least 4 members (excludes halogenated alkanes) is 2. The standard InChI is InChI=1S/C45H56N2O8/c1-6-24-52-45-41(47(4)44(50)51-5)28-39(46-53-29-32-14-8-7-9-15-32)37-26-33(16-10-12-22-48)36(17-11-13-23-49)42(43(37)45)38-27-35(20-21-40(38)55-45)54-34-19-18-30(2)31(3)25-34/h6-9,14-15,18-21,25-27,33,36,41-43,48-49H,1,10-13,16-17,22-24,28-29H2,2-5H3/t33-,36+,41-,42+,43+,45+/m0/s1. The van der Waals surface area contributed by atoms with Crippen LogP contribution in [-0.2, 0) is 20.9 Å². The summed E-state index contributed by atoms with van der Waals surface area (Å²) in [4.78, 5) is 21.1. The Balaban J connectivity index is 1.55. The topological polar surface area (TPSA) is 119 Å². The van der Waals surface area contributed by atoms with Crippen LogP contribution >= 0.6 is 0 Å². The summed E-state index contributed by atoms with van der Waals surface area (Å²) >= 11 is 0. The van der Waals surface area contributed by atoms with Crippen molar-refractivity contribution in [2.45, 2.75) is 83.1 Å². The number of likely N-dealkylation sites (N-methyl/N-ethyl adjacent to an activating group) is 1. The quantitative estimate of drug-likeness (QED) is 0.0800. The maximum Gasteiger partial charge on any atom is 0.409 e. The van der Waals surface area contributed by atoms with Crippen LogP contribution in [0.3, 0.4) is 0 Å². The maximum atomic E-state index is 13.4. The number of carbonyl (C=O) groups excluding carboxylic acids is 1. The Morgan fingerprint density at radius 1 is 0.982 bits per heavy atom. The highest BCUT2D eigenvalue weighted by atomic mass is 16.7. The normalized spacial score (nSPS) is 24.5. The predicted molar refractivity (Wildman–Crippen MR) is 212 cm³/mol. The number of aliphatic hydroxyl groups excluding tert-OH is 2. The number of nitrogens with zero attached hydrogens (tertiary/aromatic N) is 2. The van der Waals surface area contributed by atoms with Crippen LogP contribution in [0.2, 0.25) is 0 Å². The molecule has 1 amide bonds. The summed E-state index contributed by atoms with van der Waals surface area (Å²) in [5.41, 5.74) is 6.00. The fourth-order valence-corrected chi connectivity index (χ4v) is 8.73. The minimum Gasteiger partial charge on any atom is -0.459 e. The largest absolute Gasteiger partial charge is 0.459 e. The van der Waals surface area contributed by atoms with Gasteiger partial charge in [0.15, 0.2) is 0 Å². The summed E-state index contributed by atoms with van der Waals surface area (Å²) in [7, 11) is 3.08. The van der Waals surface area contributed by atoms with Gasteiger partial charge < -0.3 is 38.9 Å². The van der Waals surface area contributed by atoms with Gasteiger partial charge in [-0.05, 0) is 104 Å². The number of methoxy groups -OCH3 is 1. The smallest absolute Gasteiger partial charge is 0.409 e. The lowest BCUT2D eigenvalue weighted by atomic mass is 9.55. The van der Waals surface area contributed by atoms with Crippen LogP contribution in [0.5, 0.6) is 17.2 Å². The predicted octanol–water partition coefficient (Wildman–Crippen LogP) is 8.63. The zero-order chi connectivity index (χ0) is 39.0. The van der Waals surface area contributed by atoms with Gasteiger partial charge in [0.1, 0.15) is 29.9 Å². The van der Waals surface area contributed by atoms with Crippen LogP contribution in [0.15, 0.2) is 96.2 Å². The minimum absolute atomic E-state index is 0.0962. The lowest BCUT2D eigenvalue weighted by Gasteiger charge is -2.59. The third kappa shape index (κ3) is 8.62. The van der Waals surface area contributed by atoms with Crippen LogP contribution in [0.1, 0.15) is 73.1 Å². The van der Waals surface area contributed by atoms with E-state index in [1.165, 1.54) is 12.7 Å². The van der Waals surface area contributed by atoms with E-state index in [4.69, 9.17) is 28.9 Å². The van der Waals surface area contributed by atoms with Gasteiger partial charge in [-0.15, -0.1) is 6.58 Å². The van der Waals surface area contributed by atoms with Crippen molar-refractivity contribution in [1.82, 2.24) is 4.90 Å². The second-order valence-electron chi connectivity index (χ2n) is 15.0. The highest BCUT2D eigenvalue weighted by Gasteiger charge is 2.65. The molecule has 0 unspecified atom stereocenters. The molecule has 1 aliphatic heterocycles. The number of carbonyl (C=O) groups is 1. The molecule has 0 spiro atoms. The van der Waals surface area contributed by atoms with E-state index in [1.807, 2.05) is 54.6 Å². The lowest BCUT2D eigenvalue weighted by molar-refractivity contribution is -0.253. The molecule has 6 rings (SSSR count). The van der Waals surface area contributed by atoms with Crippen LogP contribution in [0.4, 0.5) is 4.79 Å². The Hall–Kier alpha value is -4.64. The van der Waals surface area contributed by atoms with Gasteiger partial charge in [0, 0.05) is 38.2 Å². The molecule has 3 aromatic rings. The van der Waals surface area contributed by atoms with E-state index in [1.54, 1.807) is 18.0 Å². The van der Waals surface area contributed by atoms with Crippen molar-refractivity contribution < 1.29 is 38.8 Å². The van der Waals surface area contributed by atoms with Gasteiger partial charge in [-0.25, -0.2) is 4.79 Å². The molecule has 1 saturated carbocycles. The van der Waals surface area contributed by atoms with Gasteiger partial charge in [-0.3, -0.25) is 0 Å². The van der Waals surface area contributed by atoms with Crippen molar-refractivity contribution >= 4 is 11.8 Å². The van der Waals surface area contributed by atoms with E-state index >= 15 is 0 Å². The molecular formula is C45H56N2O8. The van der Waals surface area contributed by atoms with E-state index < -0.39 is 23.8 Å². The first-order valence-electron chi connectivity index (χ1n) is 19.5. The zero-order valence-electron chi connectivity index (χ0n) is 32.6. The first-order valence-corrected chi connectivity index (χ1v) is 19.5. The highest BCUT2D eigenvalue weighted by molar-refractivity contribution is 6.02. The van der Waals surface area contributed by atoms with Gasteiger partial charge in [-0.2, -0.15) is 0 Å². The van der Waals surface area contributed by atoms with E-state index in [0.717, 1.165) is 59.4 Å². The van der Waals surface area contributed by atoms with Crippen molar-refractivity contribution in [3.63, 3.8) is 0 Å². The molecule has 3 aliphatic rings. The molecule has 3 aromatic carbocycles. The summed E-state index contributed by atoms with van der Waals surface area (Å²) in [5.74, 6) is 0.368. The average Bonchev–Trinajstić information content (AvgIpc) is 3.20. The van der Waals surface area contributed by atoms with Crippen LogP contribution < -0.4 is 9.47 Å². The van der Waals surface area contributed by atoms with Gasteiger partial charge >= 0.3 is 6.09 Å². The van der Waals surface area contributed by atoms with Crippen molar-refractivity contribution in [1.29, 1.82) is 0 Å². The number of rotatable bonds is 17. The van der Waals surface area contributed by atoms with Crippen LogP contribution in [0.25, 0.3) is 0 Å². The monoisotopic (exact) mass is 752 g/mol. The molecule has 294 valence electrons. The fraction of sp³-hybridized carbons (Fsp3) is 0.467. The molecular weight excluding hydrogens is 697 g/mol. The number of allylic oxidation sites excluding steroid dienone is 1. The number of oxime groups is 1. The Bertz CT molecular complexity index is 1840. The molecule has 10 heteroatoms. The second kappa shape index (κ2) is 18.3. The zero-order valence-corrected chi connectivity index (χ0v) is 32.6. The van der Waals surface area contributed by atoms with Gasteiger partial charge in [0.05, 0.1) is 25.3 Å². The van der Waals surface area contributed by atoms with E-state index in [2.05, 4.69) is 38.6 Å². The number of hydrogen-bond donors (Lipinski definition) is 2. The number of benzene rings is 3. The molecule has 1 fully saturated rings. The summed E-state index contributed by atoms with van der Waals surface area (Å²) in [6.45, 7) is 8.83. The molecule has 0 bridgehead atoms. The molecule has 1 heterocycles. The Labute approximate surface area is 325 Å². The second-order valence-corrected chi connectivity index (χ2v) is 15.0. The van der Waals surface area contributed by atoms with Crippen molar-refractivity contribution in [3.05, 3.63) is 113 Å². The first-order chi connectivity index (χ1) is 26.7. The lowest BCUT2D eigenvalue weighted by Crippen LogP contribution is -2.69. The van der Waals surface area contributed by atoms with Crippen LogP contribution in [0, 0.1) is 31.6 Å². The third-order valence-electron chi connectivity index (χ3n) is 11.5. The van der Waals surface area contributed by atoms with Crippen LogP contribution in [-0.4, -0.2) is 72.7 Å². The average molecular weight is 753 g/mol. The molecule has 2 N–H and O–H groups in total. The SMILES string of the molecule is C=CCO[C@@]12Oc3ccc(Oc4ccc(C)c(C)c4)cc3[C@H]3[C@H](CCCCO)[C@@H](CCCCO)C=C(C(=NOCc4ccccc4)C[C@@H]1N(C)C(=O)OC)[C@H]32. The summed E-state index contributed by atoms with van der Waals surface area (Å²) in [5, 5.41) is 24.5. The minimum atomic E-state index is -1.35. The summed E-state index contributed by atoms with van der Waals surface area (Å²) in [6, 6.07) is 21.3. The third-order valence-corrected chi connectivity index (χ3v) is 11.5. The fourth-order valence-electron chi connectivity index (χ4n) is 8.73. The van der Waals surface area contributed by atoms with Gasteiger partial charge in [0.2, 0.25) is 5.79 Å². The van der Waals surface area contributed by atoms with Crippen molar-refractivity contribution in [2.75, 3.05) is 34.0 Å². The van der Waals surface area contributed by atoms with Crippen molar-refractivity contribution in [3.8, 4) is 17.2 Å². The van der Waals surface area contributed by atoms with E-state index in [9.17, 15) is 15.0 Å². The van der Waals surface area contributed by atoms with Gasteiger partial charge in [0.25, 0.3) is 0 Å². The maximum absolute atomic E-state index is 13.4. The number of fused-ring (bicyclic) bond motifs is 2. The summed E-state index contributed by atoms with van der Waals surface area (Å²) in [6.07, 6.45) is 8.54. The molecule has 2 aliphatic carbocycles. The Kier molecular flexibility index (Phi) is 13.3. The molecule has 0 saturated heterocycles. The summed E-state index contributed by atoms with van der Waals surface area (Å²) < 4.78 is 25.9. The highest BCUT2D eigenvalue weighted by Crippen LogP contribution is 2.62. The number of hydrogen-bond acceptors (Lipinski definition) is 9. The van der Waals surface area contributed by atoms with E-state index in [-0.39, 0.29) is 50.6 Å². The van der Waals surface area contributed by atoms with Gasteiger partial charge in [-0.1, -0.05) is 66.5 Å². The number of amides is 1. The number of aliphatic hydroxyl groups is 2. The Morgan fingerprint density at radius 3 is 2.42 bits per heavy atom. The number of aryl methyl sites for hydroxylation is 2. The van der Waals surface area contributed by atoms with Crippen molar-refractivity contribution in [2.24, 2.45) is 22.9 Å². The molecule has 6 atom stereocenters. The molecule has 0 radical (unpaired) electrons. The first kappa shape index (κ1) is 40.0. The molecule has 0 aromatic heterocycles. The Morgan fingerprint density at radius 2 is 1.71 bits per heavy atom. The number of ether oxygens (including phenoxy) is 4.